The molecule has 1 aromatic rings. The van der Waals surface area contributed by atoms with Crippen LogP contribution < -0.4 is 4.74 Å². The number of hydroxylamine groups is 3. The van der Waals surface area contributed by atoms with Gasteiger partial charge in [0.05, 0.1) is 33.4 Å². The number of aliphatic hydroxyl groups is 1. The number of hydrogen-bond acceptors (Lipinski definition) is 3. The molecule has 0 amide bonds. The average Bonchev–Trinajstić information content (AvgIpc) is 2.40. The number of hydrogen-bond donors (Lipinski definition) is 1. The zero-order chi connectivity index (χ0) is 14.8. The molecule has 4 nitrogen and oxygen atoms in total. The summed E-state index contributed by atoms with van der Waals surface area (Å²) in [6, 6.07) is 7.60. The van der Waals surface area contributed by atoms with Gasteiger partial charge in [0.1, 0.15) is 5.75 Å². The molecule has 1 aliphatic rings. The lowest BCUT2D eigenvalue weighted by atomic mass is 9.71. The molecule has 0 spiro atoms. The first kappa shape index (κ1) is 15.3. The Morgan fingerprint density at radius 1 is 1.40 bits per heavy atom. The predicted octanol–water partition coefficient (Wildman–Crippen LogP) is 2.65. The van der Waals surface area contributed by atoms with E-state index in [2.05, 4.69) is 0 Å². The van der Waals surface area contributed by atoms with Crippen LogP contribution in [0.15, 0.2) is 24.3 Å². The maximum Gasteiger partial charge on any atom is 0.119 e. The minimum atomic E-state index is -0.910. The zero-order valence-electron chi connectivity index (χ0n) is 12.6. The Kier molecular flexibility index (Phi) is 4.37. The van der Waals surface area contributed by atoms with Crippen LogP contribution in [0.3, 0.4) is 0 Å². The van der Waals surface area contributed by atoms with Crippen molar-refractivity contribution >= 4 is 0 Å². The summed E-state index contributed by atoms with van der Waals surface area (Å²) < 4.78 is 4.89. The zero-order valence-corrected chi connectivity index (χ0v) is 12.6. The van der Waals surface area contributed by atoms with E-state index in [1.54, 1.807) is 21.2 Å². The standard InChI is InChI=1S/C16H25NO3/c1-17(2,19)12-14-7-4-5-10-16(14,18)13-8-6-9-15(11-13)20-3/h6,8-9,11,14,18H,4-5,7,10,12H2,1-3H3/t14?,16-/m1/s1. The van der Waals surface area contributed by atoms with Crippen LogP contribution in [0.5, 0.6) is 5.75 Å². The molecule has 0 heterocycles. The Hall–Kier alpha value is -1.10. The molecule has 1 aliphatic carbocycles. The molecule has 4 heteroatoms. The van der Waals surface area contributed by atoms with Crippen molar-refractivity contribution in [3.63, 3.8) is 0 Å². The summed E-state index contributed by atoms with van der Waals surface area (Å²) in [4.78, 5) is 0. The van der Waals surface area contributed by atoms with E-state index in [1.165, 1.54) is 0 Å². The third kappa shape index (κ3) is 3.32. The second-order valence-electron chi connectivity index (χ2n) is 6.36. The summed E-state index contributed by atoms with van der Waals surface area (Å²) in [6.07, 6.45) is 3.69. The highest BCUT2D eigenvalue weighted by Gasteiger charge is 2.42. The maximum atomic E-state index is 12.0. The molecule has 1 saturated carbocycles. The molecule has 0 aromatic heterocycles. The van der Waals surface area contributed by atoms with E-state index in [0.29, 0.717) is 13.0 Å². The van der Waals surface area contributed by atoms with Gasteiger partial charge in [-0.25, -0.2) is 0 Å². The van der Waals surface area contributed by atoms with Crippen LogP contribution in [0.4, 0.5) is 0 Å². The third-order valence-electron chi connectivity index (χ3n) is 4.27. The molecule has 0 aliphatic heterocycles. The van der Waals surface area contributed by atoms with Gasteiger partial charge in [-0.1, -0.05) is 25.0 Å². The lowest BCUT2D eigenvalue weighted by molar-refractivity contribution is -0.845. The first-order chi connectivity index (χ1) is 9.35. The lowest BCUT2D eigenvalue weighted by Crippen LogP contribution is -2.47. The second kappa shape index (κ2) is 5.72. The molecule has 1 N–H and O–H groups in total. The molecule has 112 valence electrons. The Morgan fingerprint density at radius 3 is 2.80 bits per heavy atom. The molecule has 20 heavy (non-hydrogen) atoms. The highest BCUT2D eigenvalue weighted by Crippen LogP contribution is 2.43. The van der Waals surface area contributed by atoms with Gasteiger partial charge >= 0.3 is 0 Å². The number of methoxy groups -OCH3 is 1. The Bertz CT molecular complexity index is 455. The summed E-state index contributed by atoms with van der Waals surface area (Å²) in [5.41, 5.74) is -0.0396. The second-order valence-corrected chi connectivity index (χ2v) is 6.36. The molecule has 2 rings (SSSR count). The molecule has 0 saturated heterocycles. The van der Waals surface area contributed by atoms with Gasteiger partial charge < -0.3 is 19.7 Å². The van der Waals surface area contributed by atoms with Gasteiger partial charge in [-0.2, -0.15) is 0 Å². The van der Waals surface area contributed by atoms with E-state index in [9.17, 15) is 10.3 Å². The summed E-state index contributed by atoms with van der Waals surface area (Å²) >= 11 is 0. The van der Waals surface area contributed by atoms with Crippen LogP contribution in [0.1, 0.15) is 31.2 Å². The number of rotatable bonds is 4. The van der Waals surface area contributed by atoms with Crippen molar-refractivity contribution in [2.75, 3.05) is 27.7 Å². The van der Waals surface area contributed by atoms with Crippen molar-refractivity contribution < 1.29 is 14.5 Å². The number of ether oxygens (including phenoxy) is 1. The Labute approximate surface area is 121 Å². The SMILES string of the molecule is COc1cccc([C@]2(O)CCCCC2C[N+](C)(C)[O-])c1. The van der Waals surface area contributed by atoms with Crippen molar-refractivity contribution in [3.8, 4) is 5.75 Å². The van der Waals surface area contributed by atoms with Crippen LogP contribution in [-0.2, 0) is 5.60 Å². The Morgan fingerprint density at radius 2 is 2.15 bits per heavy atom. The normalized spacial score (nSPS) is 27.4. The number of benzene rings is 1. The molecule has 0 radical (unpaired) electrons. The maximum absolute atomic E-state index is 12.0. The van der Waals surface area contributed by atoms with E-state index in [-0.39, 0.29) is 10.6 Å². The summed E-state index contributed by atoms with van der Waals surface area (Å²) in [6.45, 7) is 0.438. The van der Waals surface area contributed by atoms with Crippen molar-refractivity contribution in [1.29, 1.82) is 0 Å². The quantitative estimate of drug-likeness (QED) is 0.681. The van der Waals surface area contributed by atoms with Gasteiger partial charge in [0, 0.05) is 5.92 Å². The summed E-state index contributed by atoms with van der Waals surface area (Å²) in [5, 5.41) is 23.2. The van der Waals surface area contributed by atoms with E-state index in [0.717, 1.165) is 30.6 Å². The Balaban J connectivity index is 2.32. The first-order valence-electron chi connectivity index (χ1n) is 7.26. The van der Waals surface area contributed by atoms with Crippen LogP contribution in [0.2, 0.25) is 0 Å². The van der Waals surface area contributed by atoms with Crippen LogP contribution >= 0.6 is 0 Å². The highest BCUT2D eigenvalue weighted by atomic mass is 16.5. The van der Waals surface area contributed by atoms with Gasteiger partial charge in [0.25, 0.3) is 0 Å². The molecule has 2 atom stereocenters. The molecule has 1 fully saturated rings. The highest BCUT2D eigenvalue weighted by molar-refractivity contribution is 5.33. The predicted molar refractivity (Wildman–Crippen MR) is 79.2 cm³/mol. The van der Waals surface area contributed by atoms with Crippen molar-refractivity contribution in [2.45, 2.75) is 31.3 Å². The minimum Gasteiger partial charge on any atom is -0.633 e. The smallest absolute Gasteiger partial charge is 0.119 e. The lowest BCUT2D eigenvalue weighted by Gasteiger charge is -2.45. The number of nitrogens with zero attached hydrogens (tertiary/aromatic N) is 1. The summed E-state index contributed by atoms with van der Waals surface area (Å²) in [5.74, 6) is 0.743. The molecular weight excluding hydrogens is 254 g/mol. The topological polar surface area (TPSA) is 52.5 Å². The first-order valence-corrected chi connectivity index (χ1v) is 7.26. The van der Waals surface area contributed by atoms with Gasteiger partial charge in [-0.3, -0.25) is 0 Å². The molecular formula is C16H25NO3. The van der Waals surface area contributed by atoms with E-state index in [1.807, 2.05) is 24.3 Å². The van der Waals surface area contributed by atoms with Crippen molar-refractivity contribution in [1.82, 2.24) is 0 Å². The van der Waals surface area contributed by atoms with Gasteiger partial charge in [-0.05, 0) is 30.5 Å². The monoisotopic (exact) mass is 279 g/mol. The van der Waals surface area contributed by atoms with Crippen LogP contribution in [0, 0.1) is 11.1 Å². The van der Waals surface area contributed by atoms with Crippen LogP contribution in [0.25, 0.3) is 0 Å². The average molecular weight is 279 g/mol. The van der Waals surface area contributed by atoms with E-state index in [4.69, 9.17) is 4.74 Å². The van der Waals surface area contributed by atoms with Gasteiger partial charge in [0.2, 0.25) is 0 Å². The molecule has 1 aromatic carbocycles. The number of quaternary nitrogens is 1. The fraction of sp³-hybridized carbons (Fsp3) is 0.625. The van der Waals surface area contributed by atoms with E-state index < -0.39 is 5.60 Å². The van der Waals surface area contributed by atoms with E-state index >= 15 is 0 Å². The van der Waals surface area contributed by atoms with Crippen LogP contribution in [-0.4, -0.2) is 37.5 Å². The molecule has 0 bridgehead atoms. The summed E-state index contributed by atoms with van der Waals surface area (Å²) in [7, 11) is 4.90. The minimum absolute atomic E-state index is 0.00384. The fourth-order valence-electron chi connectivity index (χ4n) is 3.27. The third-order valence-corrected chi connectivity index (χ3v) is 4.27. The molecule has 1 unspecified atom stereocenters. The van der Waals surface area contributed by atoms with Gasteiger partial charge in [-0.15, -0.1) is 0 Å². The van der Waals surface area contributed by atoms with Crippen molar-refractivity contribution in [3.05, 3.63) is 35.0 Å². The van der Waals surface area contributed by atoms with Gasteiger partial charge in [0.15, 0.2) is 0 Å². The fourth-order valence-corrected chi connectivity index (χ4v) is 3.27. The largest absolute Gasteiger partial charge is 0.633 e. The van der Waals surface area contributed by atoms with Crippen molar-refractivity contribution in [2.24, 2.45) is 5.92 Å².